The van der Waals surface area contributed by atoms with Crippen LogP contribution in [0.1, 0.15) is 16.7 Å². The molecule has 0 aliphatic carbocycles. The monoisotopic (exact) mass is 185 g/mol. The van der Waals surface area contributed by atoms with E-state index in [1.54, 1.807) is 0 Å². The molecule has 0 radical (unpaired) electrons. The number of nitriles is 1. The van der Waals surface area contributed by atoms with E-state index in [-0.39, 0.29) is 0 Å². The molecule has 0 N–H and O–H groups in total. The fourth-order valence-electron chi connectivity index (χ4n) is 1.21. The van der Waals surface area contributed by atoms with Crippen LogP contribution in [0.2, 0.25) is 0 Å². The molecule has 1 nitrogen and oxygen atoms in total. The molecular weight excluding hydrogens is 170 g/mol. The van der Waals surface area contributed by atoms with Gasteiger partial charge in [-0.25, -0.2) is 0 Å². The maximum Gasteiger partial charge on any atom is 0.0991 e. The lowest BCUT2D eigenvalue weighted by Crippen LogP contribution is -1.85. The van der Waals surface area contributed by atoms with Crippen molar-refractivity contribution in [1.29, 1.82) is 5.26 Å². The zero-order valence-corrected chi connectivity index (χ0v) is 8.59. The number of allylic oxidation sites excluding steroid dienone is 1. The maximum atomic E-state index is 8.68. The van der Waals surface area contributed by atoms with Crippen LogP contribution >= 0.6 is 0 Å². The van der Waals surface area contributed by atoms with Crippen LogP contribution in [0.25, 0.3) is 0 Å². The minimum absolute atomic E-state index is 0.729. The van der Waals surface area contributed by atoms with Gasteiger partial charge >= 0.3 is 0 Å². The van der Waals surface area contributed by atoms with Gasteiger partial charge in [0.15, 0.2) is 0 Å². The Morgan fingerprint density at radius 1 is 1.36 bits per heavy atom. The third-order valence-electron chi connectivity index (χ3n) is 1.65. The number of nitrogens with zero attached hydrogens (tertiary/aromatic N) is 1. The molecule has 72 valence electrons. The topological polar surface area (TPSA) is 23.8 Å². The van der Waals surface area contributed by atoms with Crippen molar-refractivity contribution < 1.29 is 0 Å². The molecule has 1 aromatic carbocycles. The molecule has 14 heavy (non-hydrogen) atoms. The first-order valence-electron chi connectivity index (χ1n) is 4.38. The number of hydrogen-bond donors (Lipinski definition) is 0. The second-order valence-corrected chi connectivity index (χ2v) is 2.81. The summed E-state index contributed by atoms with van der Waals surface area (Å²) in [5.41, 5.74) is 3.01. The highest BCUT2D eigenvalue weighted by atomic mass is 14.2. The van der Waals surface area contributed by atoms with Crippen LogP contribution < -0.4 is 0 Å². The molecule has 1 aromatic rings. The normalized spacial score (nSPS) is 8.00. The van der Waals surface area contributed by atoms with Crippen molar-refractivity contribution in [3.05, 3.63) is 60.7 Å². The third kappa shape index (κ3) is 3.73. The van der Waals surface area contributed by atoms with Gasteiger partial charge in [0.25, 0.3) is 0 Å². The second kappa shape index (κ2) is 6.68. The summed E-state index contributed by atoms with van der Waals surface area (Å²) in [7, 11) is 0. The summed E-state index contributed by atoms with van der Waals surface area (Å²) in [5.74, 6) is 0. The molecule has 0 spiro atoms. The molecule has 1 rings (SSSR count). The largest absolute Gasteiger partial charge is 0.192 e. The molecule has 0 aliphatic rings. The molecule has 0 atom stereocenters. The van der Waals surface area contributed by atoms with Gasteiger partial charge in [-0.3, -0.25) is 0 Å². The predicted octanol–water partition coefficient (Wildman–Crippen LogP) is 3.40. The average molecular weight is 185 g/mol. The zero-order valence-electron chi connectivity index (χ0n) is 8.59. The van der Waals surface area contributed by atoms with Gasteiger partial charge in [0, 0.05) is 0 Å². The van der Waals surface area contributed by atoms with E-state index in [2.05, 4.69) is 31.9 Å². The first kappa shape index (κ1) is 12.2. The van der Waals surface area contributed by atoms with E-state index in [0.717, 1.165) is 23.1 Å². The van der Waals surface area contributed by atoms with E-state index in [4.69, 9.17) is 5.26 Å². The Balaban J connectivity index is 0.000000791. The first-order valence-corrected chi connectivity index (χ1v) is 4.38. The van der Waals surface area contributed by atoms with Crippen molar-refractivity contribution in [2.24, 2.45) is 0 Å². The van der Waals surface area contributed by atoms with Crippen LogP contribution in [0, 0.1) is 18.3 Å². The Labute approximate surface area is 86.0 Å². The second-order valence-electron chi connectivity index (χ2n) is 2.81. The SMILES string of the molecule is C=C.C=CCc1cc(C)cc(C#N)c1. The molecule has 0 heterocycles. The van der Waals surface area contributed by atoms with Gasteiger partial charge in [-0.2, -0.15) is 5.26 Å². The Bertz CT molecular complexity index is 345. The smallest absolute Gasteiger partial charge is 0.0991 e. The summed E-state index contributed by atoms with van der Waals surface area (Å²) in [6, 6.07) is 7.98. The minimum atomic E-state index is 0.729. The van der Waals surface area contributed by atoms with Crippen molar-refractivity contribution in [3.8, 4) is 6.07 Å². The highest BCUT2D eigenvalue weighted by Gasteiger charge is 1.95. The lowest BCUT2D eigenvalue weighted by atomic mass is 10.1. The molecule has 0 unspecified atom stereocenters. The van der Waals surface area contributed by atoms with E-state index in [9.17, 15) is 0 Å². The average Bonchev–Trinajstić information content (AvgIpc) is 2.20. The Hall–Kier alpha value is -1.81. The van der Waals surface area contributed by atoms with Crippen LogP contribution in [0.3, 0.4) is 0 Å². The van der Waals surface area contributed by atoms with Crippen molar-refractivity contribution in [2.45, 2.75) is 13.3 Å². The molecule has 0 amide bonds. The molecule has 0 saturated carbocycles. The van der Waals surface area contributed by atoms with Gasteiger partial charge in [0.1, 0.15) is 0 Å². The fraction of sp³-hybridized carbons (Fsp3) is 0.154. The minimum Gasteiger partial charge on any atom is -0.192 e. The fourth-order valence-corrected chi connectivity index (χ4v) is 1.21. The quantitative estimate of drug-likeness (QED) is 0.648. The van der Waals surface area contributed by atoms with Crippen LogP contribution in [-0.4, -0.2) is 0 Å². The summed E-state index contributed by atoms with van der Waals surface area (Å²) in [6.45, 7) is 11.7. The third-order valence-corrected chi connectivity index (χ3v) is 1.65. The van der Waals surface area contributed by atoms with Crippen LogP contribution in [0.4, 0.5) is 0 Å². The van der Waals surface area contributed by atoms with E-state index < -0.39 is 0 Å². The lowest BCUT2D eigenvalue weighted by molar-refractivity contribution is 1.24. The highest BCUT2D eigenvalue weighted by molar-refractivity contribution is 5.37. The predicted molar refractivity (Wildman–Crippen MR) is 61.0 cm³/mol. The first-order chi connectivity index (χ1) is 6.76. The maximum absolute atomic E-state index is 8.68. The summed E-state index contributed by atoms with van der Waals surface area (Å²) in [5, 5.41) is 8.68. The van der Waals surface area contributed by atoms with E-state index in [0.29, 0.717) is 0 Å². The Morgan fingerprint density at radius 2 is 2.00 bits per heavy atom. The molecule has 0 saturated heterocycles. The van der Waals surface area contributed by atoms with Crippen LogP contribution in [-0.2, 0) is 6.42 Å². The molecule has 0 aromatic heterocycles. The van der Waals surface area contributed by atoms with E-state index in [1.165, 1.54) is 0 Å². The number of aryl methyl sites for hydroxylation is 1. The van der Waals surface area contributed by atoms with Crippen LogP contribution in [0.15, 0.2) is 44.0 Å². The van der Waals surface area contributed by atoms with Gasteiger partial charge < -0.3 is 0 Å². The highest BCUT2D eigenvalue weighted by Crippen LogP contribution is 2.09. The van der Waals surface area contributed by atoms with Crippen molar-refractivity contribution in [2.75, 3.05) is 0 Å². The number of benzene rings is 1. The van der Waals surface area contributed by atoms with Gasteiger partial charge in [-0.05, 0) is 36.6 Å². The molecular formula is C13H15N. The number of hydrogen-bond acceptors (Lipinski definition) is 1. The molecule has 0 bridgehead atoms. The van der Waals surface area contributed by atoms with Gasteiger partial charge in [-0.15, -0.1) is 19.7 Å². The number of rotatable bonds is 2. The van der Waals surface area contributed by atoms with Gasteiger partial charge in [0.2, 0.25) is 0 Å². The van der Waals surface area contributed by atoms with E-state index >= 15 is 0 Å². The summed E-state index contributed by atoms with van der Waals surface area (Å²) < 4.78 is 0. The Kier molecular flexibility index (Phi) is 5.82. The summed E-state index contributed by atoms with van der Waals surface area (Å²) >= 11 is 0. The lowest BCUT2D eigenvalue weighted by Gasteiger charge is -1.99. The zero-order chi connectivity index (χ0) is 11.0. The van der Waals surface area contributed by atoms with Crippen LogP contribution in [0.5, 0.6) is 0 Å². The van der Waals surface area contributed by atoms with E-state index in [1.807, 2.05) is 25.1 Å². The molecule has 0 fully saturated rings. The van der Waals surface area contributed by atoms with Crippen molar-refractivity contribution in [3.63, 3.8) is 0 Å². The standard InChI is InChI=1S/C11H11N.C2H4/c1-3-4-10-5-9(2)6-11(7-10)8-12;1-2/h3,5-7H,1,4H2,2H3;1-2H2. The van der Waals surface area contributed by atoms with Crippen molar-refractivity contribution >= 4 is 0 Å². The summed E-state index contributed by atoms with van der Waals surface area (Å²) in [4.78, 5) is 0. The Morgan fingerprint density at radius 3 is 2.50 bits per heavy atom. The molecule has 1 heteroatoms. The van der Waals surface area contributed by atoms with Gasteiger partial charge in [0.05, 0.1) is 11.6 Å². The summed E-state index contributed by atoms with van der Waals surface area (Å²) in [6.07, 6.45) is 2.67. The molecule has 0 aliphatic heterocycles. The van der Waals surface area contributed by atoms with Gasteiger partial charge in [-0.1, -0.05) is 12.1 Å². The van der Waals surface area contributed by atoms with Crippen molar-refractivity contribution in [1.82, 2.24) is 0 Å².